The highest BCUT2D eigenvalue weighted by molar-refractivity contribution is 5.86. The molecule has 18 heavy (non-hydrogen) atoms. The summed E-state index contributed by atoms with van der Waals surface area (Å²) in [6, 6.07) is 3.14. The molecule has 1 fully saturated rings. The van der Waals surface area contributed by atoms with Crippen molar-refractivity contribution in [3.05, 3.63) is 23.7 Å². The minimum atomic E-state index is -0.536. The number of amides is 1. The van der Waals surface area contributed by atoms with Crippen molar-refractivity contribution < 1.29 is 18.7 Å². The van der Waals surface area contributed by atoms with Gasteiger partial charge in [-0.05, 0) is 25.0 Å². The molecule has 0 atom stereocenters. The Morgan fingerprint density at radius 2 is 2.22 bits per heavy atom. The standard InChI is InChI=1S/C12H16N2O4/c1-17-11(16)9-3-2-8(18-9)7-14-10(15)6-12(13)4-5-12/h2-3H,4-7,13H2,1H3,(H,14,15). The van der Waals surface area contributed by atoms with Gasteiger partial charge in [-0.15, -0.1) is 0 Å². The zero-order valence-corrected chi connectivity index (χ0v) is 10.2. The maximum atomic E-state index is 11.5. The molecule has 1 aliphatic carbocycles. The first kappa shape index (κ1) is 12.6. The van der Waals surface area contributed by atoms with Gasteiger partial charge in [-0.1, -0.05) is 0 Å². The summed E-state index contributed by atoms with van der Waals surface area (Å²) < 4.78 is 9.72. The predicted octanol–water partition coefficient (Wildman–Crippen LogP) is 0.564. The molecule has 1 amide bonds. The van der Waals surface area contributed by atoms with Crippen molar-refractivity contribution in [3.8, 4) is 0 Å². The molecular weight excluding hydrogens is 236 g/mol. The molecule has 0 radical (unpaired) electrons. The highest BCUT2D eigenvalue weighted by Gasteiger charge is 2.39. The Kier molecular flexibility index (Phi) is 3.38. The van der Waals surface area contributed by atoms with E-state index in [1.807, 2.05) is 0 Å². The van der Waals surface area contributed by atoms with Crippen LogP contribution in [-0.4, -0.2) is 24.5 Å². The third-order valence-corrected chi connectivity index (χ3v) is 2.91. The number of furan rings is 1. The monoisotopic (exact) mass is 252 g/mol. The second kappa shape index (κ2) is 4.81. The summed E-state index contributed by atoms with van der Waals surface area (Å²) in [5, 5.41) is 2.70. The maximum absolute atomic E-state index is 11.5. The van der Waals surface area contributed by atoms with E-state index in [-0.39, 0.29) is 23.8 Å². The first-order valence-corrected chi connectivity index (χ1v) is 5.75. The molecule has 0 unspecified atom stereocenters. The fourth-order valence-electron chi connectivity index (χ4n) is 1.59. The molecule has 1 aromatic rings. The third-order valence-electron chi connectivity index (χ3n) is 2.91. The van der Waals surface area contributed by atoms with Gasteiger partial charge in [0.15, 0.2) is 0 Å². The highest BCUT2D eigenvalue weighted by Crippen LogP contribution is 2.35. The van der Waals surface area contributed by atoms with Crippen molar-refractivity contribution in [2.45, 2.75) is 31.3 Å². The van der Waals surface area contributed by atoms with Crippen LogP contribution in [0.25, 0.3) is 0 Å². The minimum Gasteiger partial charge on any atom is -0.463 e. The van der Waals surface area contributed by atoms with Gasteiger partial charge in [-0.2, -0.15) is 0 Å². The van der Waals surface area contributed by atoms with E-state index in [0.717, 1.165) is 12.8 Å². The van der Waals surface area contributed by atoms with Crippen molar-refractivity contribution in [2.75, 3.05) is 7.11 Å². The van der Waals surface area contributed by atoms with Gasteiger partial charge >= 0.3 is 5.97 Å². The molecule has 3 N–H and O–H groups in total. The summed E-state index contributed by atoms with van der Waals surface area (Å²) in [5.74, 6) is -0.0117. The summed E-state index contributed by atoms with van der Waals surface area (Å²) in [6.07, 6.45) is 2.12. The Hall–Kier alpha value is -1.82. The van der Waals surface area contributed by atoms with Crippen LogP contribution in [0.2, 0.25) is 0 Å². The summed E-state index contributed by atoms with van der Waals surface area (Å²) in [7, 11) is 1.28. The fourth-order valence-corrected chi connectivity index (χ4v) is 1.59. The van der Waals surface area contributed by atoms with Crippen LogP contribution in [0.5, 0.6) is 0 Å². The summed E-state index contributed by atoms with van der Waals surface area (Å²) in [6.45, 7) is 0.242. The van der Waals surface area contributed by atoms with Crippen LogP contribution in [0, 0.1) is 0 Å². The van der Waals surface area contributed by atoms with Crippen LogP contribution in [-0.2, 0) is 16.1 Å². The Labute approximate surface area is 104 Å². The van der Waals surface area contributed by atoms with E-state index < -0.39 is 5.97 Å². The van der Waals surface area contributed by atoms with Crippen LogP contribution in [0.15, 0.2) is 16.5 Å². The predicted molar refractivity (Wildman–Crippen MR) is 62.7 cm³/mol. The number of rotatable bonds is 5. The van der Waals surface area contributed by atoms with Crippen LogP contribution in [0.3, 0.4) is 0 Å². The summed E-state index contributed by atoms with van der Waals surface area (Å²) in [4.78, 5) is 22.7. The number of hydrogen-bond donors (Lipinski definition) is 2. The Balaban J connectivity index is 1.81. The molecule has 2 rings (SSSR count). The zero-order chi connectivity index (χ0) is 13.2. The van der Waals surface area contributed by atoms with E-state index in [0.29, 0.717) is 12.2 Å². The third kappa shape index (κ3) is 3.10. The van der Waals surface area contributed by atoms with Gasteiger partial charge in [-0.3, -0.25) is 4.79 Å². The number of nitrogens with one attached hydrogen (secondary N) is 1. The largest absolute Gasteiger partial charge is 0.463 e. The van der Waals surface area contributed by atoms with E-state index in [1.54, 1.807) is 6.07 Å². The first-order chi connectivity index (χ1) is 8.52. The number of carbonyl (C=O) groups is 2. The molecule has 1 aliphatic rings. The summed E-state index contributed by atoms with van der Waals surface area (Å²) >= 11 is 0. The Morgan fingerprint density at radius 3 is 2.83 bits per heavy atom. The van der Waals surface area contributed by atoms with Gasteiger partial charge < -0.3 is 20.2 Å². The molecule has 0 aliphatic heterocycles. The summed E-state index contributed by atoms with van der Waals surface area (Å²) in [5.41, 5.74) is 5.53. The quantitative estimate of drug-likeness (QED) is 0.747. The van der Waals surface area contributed by atoms with Gasteiger partial charge in [0, 0.05) is 12.0 Å². The molecule has 0 spiro atoms. The lowest BCUT2D eigenvalue weighted by Crippen LogP contribution is -2.32. The Bertz CT molecular complexity index is 462. The van der Waals surface area contributed by atoms with Crippen molar-refractivity contribution in [3.63, 3.8) is 0 Å². The average Bonchev–Trinajstić information content (AvgIpc) is 2.90. The average molecular weight is 252 g/mol. The van der Waals surface area contributed by atoms with E-state index in [4.69, 9.17) is 10.2 Å². The molecule has 1 saturated carbocycles. The second-order valence-corrected chi connectivity index (χ2v) is 4.57. The smallest absolute Gasteiger partial charge is 0.373 e. The lowest BCUT2D eigenvalue weighted by molar-refractivity contribution is -0.121. The zero-order valence-electron chi connectivity index (χ0n) is 10.2. The SMILES string of the molecule is COC(=O)c1ccc(CNC(=O)CC2(N)CC2)o1. The first-order valence-electron chi connectivity index (χ1n) is 5.75. The van der Waals surface area contributed by atoms with Crippen LogP contribution in [0.1, 0.15) is 35.6 Å². The number of carbonyl (C=O) groups excluding carboxylic acids is 2. The van der Waals surface area contributed by atoms with Gasteiger partial charge in [0.25, 0.3) is 0 Å². The van der Waals surface area contributed by atoms with Gasteiger partial charge in [0.2, 0.25) is 11.7 Å². The molecule has 0 aromatic carbocycles. The molecule has 6 heteroatoms. The van der Waals surface area contributed by atoms with Crippen molar-refractivity contribution >= 4 is 11.9 Å². The van der Waals surface area contributed by atoms with Crippen molar-refractivity contribution in [1.29, 1.82) is 0 Å². The van der Waals surface area contributed by atoms with E-state index in [1.165, 1.54) is 13.2 Å². The van der Waals surface area contributed by atoms with E-state index >= 15 is 0 Å². The lowest BCUT2D eigenvalue weighted by Gasteiger charge is -2.07. The maximum Gasteiger partial charge on any atom is 0.373 e. The van der Waals surface area contributed by atoms with Crippen LogP contribution in [0.4, 0.5) is 0 Å². The molecule has 6 nitrogen and oxygen atoms in total. The Morgan fingerprint density at radius 1 is 1.50 bits per heavy atom. The topological polar surface area (TPSA) is 94.6 Å². The van der Waals surface area contributed by atoms with Gasteiger partial charge in [0.05, 0.1) is 13.7 Å². The second-order valence-electron chi connectivity index (χ2n) is 4.57. The van der Waals surface area contributed by atoms with Gasteiger partial charge in [-0.25, -0.2) is 4.79 Å². The molecular formula is C12H16N2O4. The number of nitrogens with two attached hydrogens (primary N) is 1. The van der Waals surface area contributed by atoms with Gasteiger partial charge in [0.1, 0.15) is 5.76 Å². The van der Waals surface area contributed by atoms with E-state index in [9.17, 15) is 9.59 Å². The lowest BCUT2D eigenvalue weighted by atomic mass is 10.2. The normalized spacial score (nSPS) is 16.1. The van der Waals surface area contributed by atoms with E-state index in [2.05, 4.69) is 10.1 Å². The number of ether oxygens (including phenoxy) is 1. The number of methoxy groups -OCH3 is 1. The van der Waals surface area contributed by atoms with Crippen molar-refractivity contribution in [1.82, 2.24) is 5.32 Å². The molecule has 0 bridgehead atoms. The number of esters is 1. The minimum absolute atomic E-state index is 0.106. The fraction of sp³-hybridized carbons (Fsp3) is 0.500. The molecule has 0 saturated heterocycles. The number of hydrogen-bond acceptors (Lipinski definition) is 5. The van der Waals surface area contributed by atoms with Crippen LogP contribution >= 0.6 is 0 Å². The van der Waals surface area contributed by atoms with Crippen LogP contribution < -0.4 is 11.1 Å². The molecule has 1 heterocycles. The molecule has 98 valence electrons. The van der Waals surface area contributed by atoms with Crippen molar-refractivity contribution in [2.24, 2.45) is 5.73 Å². The molecule has 1 aromatic heterocycles. The highest BCUT2D eigenvalue weighted by atomic mass is 16.5.